The van der Waals surface area contributed by atoms with E-state index in [1.165, 1.54) is 0 Å². The van der Waals surface area contributed by atoms with Crippen molar-refractivity contribution in [2.75, 3.05) is 11.5 Å². The number of fused-ring (bicyclic) bond motifs is 1. The van der Waals surface area contributed by atoms with Crippen molar-refractivity contribution in [2.24, 2.45) is 0 Å². The van der Waals surface area contributed by atoms with Crippen LogP contribution < -0.4 is 11.5 Å². The van der Waals surface area contributed by atoms with Gasteiger partial charge in [-0.05, 0) is 24.3 Å². The van der Waals surface area contributed by atoms with Crippen molar-refractivity contribution in [3.63, 3.8) is 0 Å². The lowest BCUT2D eigenvalue weighted by atomic mass is 10.2. The number of nitrogens with zero attached hydrogens (tertiary/aromatic N) is 4. The highest BCUT2D eigenvalue weighted by Gasteiger charge is 2.17. The summed E-state index contributed by atoms with van der Waals surface area (Å²) < 4.78 is 5.68. The molecule has 0 unspecified atom stereocenters. The Kier molecular flexibility index (Phi) is 2.90. The van der Waals surface area contributed by atoms with Gasteiger partial charge < -0.3 is 15.9 Å². The molecule has 7 heteroatoms. The van der Waals surface area contributed by atoms with E-state index in [0.29, 0.717) is 33.9 Å². The van der Waals surface area contributed by atoms with Gasteiger partial charge in [-0.3, -0.25) is 0 Å². The molecule has 0 spiro atoms. The van der Waals surface area contributed by atoms with Gasteiger partial charge in [0.25, 0.3) is 5.89 Å². The van der Waals surface area contributed by atoms with E-state index in [4.69, 9.17) is 15.9 Å². The van der Waals surface area contributed by atoms with Crippen molar-refractivity contribution in [1.82, 2.24) is 20.2 Å². The molecule has 0 radical (unpaired) electrons. The molecular formula is C16H12N6O. The van der Waals surface area contributed by atoms with Crippen LogP contribution in [0.5, 0.6) is 0 Å². The van der Waals surface area contributed by atoms with Gasteiger partial charge in [0.1, 0.15) is 0 Å². The molecule has 112 valence electrons. The zero-order valence-electron chi connectivity index (χ0n) is 12.0. The first-order valence-corrected chi connectivity index (χ1v) is 6.93. The molecule has 4 N–H and O–H groups in total. The monoisotopic (exact) mass is 304 g/mol. The number of nitrogen functional groups attached to an aromatic ring is 2. The minimum absolute atomic E-state index is 0.207. The number of benzene rings is 2. The van der Waals surface area contributed by atoms with Crippen LogP contribution in [0, 0.1) is 0 Å². The second-order valence-corrected chi connectivity index (χ2v) is 4.95. The molecule has 2 heterocycles. The molecule has 0 atom stereocenters. The van der Waals surface area contributed by atoms with E-state index in [9.17, 15) is 0 Å². The Hall–Kier alpha value is -3.48. The highest BCUT2D eigenvalue weighted by molar-refractivity contribution is 5.80. The Morgan fingerprint density at radius 3 is 2.17 bits per heavy atom. The van der Waals surface area contributed by atoms with E-state index in [-0.39, 0.29) is 11.7 Å². The molecule has 2 aromatic heterocycles. The van der Waals surface area contributed by atoms with Gasteiger partial charge >= 0.3 is 0 Å². The molecular weight excluding hydrogens is 292 g/mol. The molecule has 0 saturated carbocycles. The second kappa shape index (κ2) is 5.06. The van der Waals surface area contributed by atoms with Crippen LogP contribution in [0.25, 0.3) is 34.1 Å². The molecule has 0 amide bonds. The summed E-state index contributed by atoms with van der Waals surface area (Å²) in [6.45, 7) is 0. The molecule has 0 saturated heterocycles. The van der Waals surface area contributed by atoms with Gasteiger partial charge in [-0.2, -0.15) is 0 Å². The zero-order valence-corrected chi connectivity index (χ0v) is 12.0. The average molecular weight is 304 g/mol. The van der Waals surface area contributed by atoms with Gasteiger partial charge in [0.05, 0.1) is 16.6 Å². The van der Waals surface area contributed by atoms with Crippen LogP contribution in [0.1, 0.15) is 0 Å². The molecule has 2 aromatic carbocycles. The van der Waals surface area contributed by atoms with Crippen molar-refractivity contribution in [3.8, 4) is 23.0 Å². The normalized spacial score (nSPS) is 11.0. The third-order valence-electron chi connectivity index (χ3n) is 3.42. The van der Waals surface area contributed by atoms with Crippen molar-refractivity contribution in [1.29, 1.82) is 0 Å². The smallest absolute Gasteiger partial charge is 0.270 e. The zero-order chi connectivity index (χ0) is 15.8. The number of nitrogens with two attached hydrogens (primary N) is 2. The largest absolute Gasteiger partial charge is 0.414 e. The summed E-state index contributed by atoms with van der Waals surface area (Å²) in [5.41, 5.74) is 14.9. The Balaban J connectivity index is 1.83. The standard InChI is InChI=1S/C16H12N6O/c17-10-6-2-1-5-9(10)15-21-22-16(23-15)13-14(18)20-12-8-4-3-7-11(12)19-13/h1-8H,17H2,(H2,18,20). The predicted octanol–water partition coefficient (Wildman–Crippen LogP) is 2.51. The first kappa shape index (κ1) is 13.2. The van der Waals surface area contributed by atoms with Crippen LogP contribution in [0.15, 0.2) is 52.9 Å². The Labute approximate surface area is 131 Å². The van der Waals surface area contributed by atoms with Gasteiger partial charge in [0.2, 0.25) is 5.89 Å². The summed E-state index contributed by atoms with van der Waals surface area (Å²) >= 11 is 0. The molecule has 0 fully saturated rings. The maximum atomic E-state index is 5.97. The molecule has 0 aliphatic heterocycles. The van der Waals surface area contributed by atoms with Crippen LogP contribution in [-0.2, 0) is 0 Å². The van der Waals surface area contributed by atoms with Crippen LogP contribution >= 0.6 is 0 Å². The van der Waals surface area contributed by atoms with E-state index in [1.807, 2.05) is 42.5 Å². The number of hydrogen-bond acceptors (Lipinski definition) is 7. The average Bonchev–Trinajstić information content (AvgIpc) is 3.04. The summed E-state index contributed by atoms with van der Waals surface area (Å²) in [5, 5.41) is 8.04. The van der Waals surface area contributed by atoms with Crippen LogP contribution in [-0.4, -0.2) is 20.2 Å². The van der Waals surface area contributed by atoms with Crippen molar-refractivity contribution < 1.29 is 4.42 Å². The summed E-state index contributed by atoms with van der Waals surface area (Å²) in [4.78, 5) is 8.77. The topological polar surface area (TPSA) is 117 Å². The summed E-state index contributed by atoms with van der Waals surface area (Å²) in [6, 6.07) is 14.7. The maximum Gasteiger partial charge on any atom is 0.270 e. The van der Waals surface area contributed by atoms with Gasteiger partial charge in [0, 0.05) is 5.69 Å². The lowest BCUT2D eigenvalue weighted by Gasteiger charge is -2.02. The SMILES string of the molecule is Nc1ccccc1-c1nnc(-c2nc3ccccc3nc2N)o1. The number of rotatable bonds is 2. The summed E-state index contributed by atoms with van der Waals surface area (Å²) in [6.07, 6.45) is 0. The van der Waals surface area contributed by atoms with E-state index in [2.05, 4.69) is 20.2 Å². The second-order valence-electron chi connectivity index (χ2n) is 4.95. The van der Waals surface area contributed by atoms with E-state index < -0.39 is 0 Å². The van der Waals surface area contributed by atoms with Crippen molar-refractivity contribution in [2.45, 2.75) is 0 Å². The molecule has 7 nitrogen and oxygen atoms in total. The van der Waals surface area contributed by atoms with Gasteiger partial charge in [0.15, 0.2) is 11.5 Å². The first-order valence-electron chi connectivity index (χ1n) is 6.93. The minimum Gasteiger partial charge on any atom is -0.414 e. The van der Waals surface area contributed by atoms with Crippen molar-refractivity contribution >= 4 is 22.5 Å². The fourth-order valence-corrected chi connectivity index (χ4v) is 2.29. The number of aromatic nitrogens is 4. The third-order valence-corrected chi connectivity index (χ3v) is 3.42. The molecule has 23 heavy (non-hydrogen) atoms. The molecule has 0 bridgehead atoms. The lowest BCUT2D eigenvalue weighted by molar-refractivity contribution is 0.583. The quantitative estimate of drug-likeness (QED) is 0.546. The molecule has 0 aliphatic carbocycles. The highest BCUT2D eigenvalue weighted by atomic mass is 16.4. The number of hydrogen-bond donors (Lipinski definition) is 2. The Morgan fingerprint density at radius 1 is 0.739 bits per heavy atom. The van der Waals surface area contributed by atoms with E-state index in [1.54, 1.807) is 6.07 Å². The molecule has 0 aliphatic rings. The van der Waals surface area contributed by atoms with Crippen LogP contribution in [0.2, 0.25) is 0 Å². The maximum absolute atomic E-state index is 5.97. The summed E-state index contributed by atoms with van der Waals surface area (Å²) in [7, 11) is 0. The lowest BCUT2D eigenvalue weighted by Crippen LogP contribution is -1.98. The van der Waals surface area contributed by atoms with Crippen LogP contribution in [0.4, 0.5) is 11.5 Å². The molecule has 4 aromatic rings. The van der Waals surface area contributed by atoms with Gasteiger partial charge in [-0.15, -0.1) is 10.2 Å². The number of anilines is 2. The summed E-state index contributed by atoms with van der Waals surface area (Å²) in [5.74, 6) is 0.756. The predicted molar refractivity (Wildman–Crippen MR) is 87.1 cm³/mol. The highest BCUT2D eigenvalue weighted by Crippen LogP contribution is 2.29. The van der Waals surface area contributed by atoms with E-state index in [0.717, 1.165) is 0 Å². The Bertz CT molecular complexity index is 1010. The van der Waals surface area contributed by atoms with Crippen LogP contribution in [0.3, 0.4) is 0 Å². The first-order chi connectivity index (χ1) is 11.2. The fourth-order valence-electron chi connectivity index (χ4n) is 2.29. The van der Waals surface area contributed by atoms with Gasteiger partial charge in [-0.25, -0.2) is 9.97 Å². The number of para-hydroxylation sites is 3. The van der Waals surface area contributed by atoms with E-state index >= 15 is 0 Å². The van der Waals surface area contributed by atoms with Crippen molar-refractivity contribution in [3.05, 3.63) is 48.5 Å². The Morgan fingerprint density at radius 2 is 1.39 bits per heavy atom. The minimum atomic E-state index is 0.207. The third kappa shape index (κ3) is 2.24. The fraction of sp³-hybridized carbons (Fsp3) is 0. The van der Waals surface area contributed by atoms with Gasteiger partial charge in [-0.1, -0.05) is 24.3 Å². The molecule has 4 rings (SSSR count).